The van der Waals surface area contributed by atoms with Gasteiger partial charge in [0.1, 0.15) is 0 Å². The lowest BCUT2D eigenvalue weighted by Gasteiger charge is -2.32. The Hall–Kier alpha value is -1.62. The SMILES string of the molecule is COc1nc(Cl)nc2c1ncn2[C@@H]1O[C@H](CO)[C@@](C)(CO)C1(F)F. The van der Waals surface area contributed by atoms with Crippen molar-refractivity contribution in [3.8, 4) is 5.88 Å². The van der Waals surface area contributed by atoms with E-state index >= 15 is 0 Å². The first-order valence-corrected chi connectivity index (χ1v) is 7.37. The summed E-state index contributed by atoms with van der Waals surface area (Å²) in [6.45, 7) is -0.391. The highest BCUT2D eigenvalue weighted by atomic mass is 35.5. The first kappa shape index (κ1) is 17.2. The van der Waals surface area contributed by atoms with Crippen LogP contribution in [0.3, 0.4) is 0 Å². The van der Waals surface area contributed by atoms with Crippen LogP contribution in [0, 0.1) is 5.41 Å². The van der Waals surface area contributed by atoms with Gasteiger partial charge < -0.3 is 19.7 Å². The molecule has 0 radical (unpaired) electrons. The van der Waals surface area contributed by atoms with Crippen molar-refractivity contribution in [3.63, 3.8) is 0 Å². The molecular weight excluding hydrogens is 350 g/mol. The smallest absolute Gasteiger partial charge is 0.302 e. The molecule has 2 aromatic rings. The summed E-state index contributed by atoms with van der Waals surface area (Å²) in [5, 5.41) is 18.6. The Morgan fingerprint density at radius 3 is 2.67 bits per heavy atom. The minimum Gasteiger partial charge on any atom is -0.479 e. The fraction of sp³-hybridized carbons (Fsp3) is 0.615. The summed E-state index contributed by atoms with van der Waals surface area (Å²) in [4.78, 5) is 11.7. The van der Waals surface area contributed by atoms with Gasteiger partial charge in [-0.05, 0) is 18.5 Å². The number of rotatable bonds is 4. The molecule has 1 aliphatic rings. The number of aromatic nitrogens is 4. The summed E-state index contributed by atoms with van der Waals surface area (Å²) in [6, 6.07) is 0. The number of fused-ring (bicyclic) bond motifs is 1. The fourth-order valence-electron chi connectivity index (χ4n) is 2.76. The van der Waals surface area contributed by atoms with Gasteiger partial charge in [0.15, 0.2) is 11.2 Å². The van der Waals surface area contributed by atoms with E-state index < -0.39 is 36.9 Å². The van der Waals surface area contributed by atoms with Crippen LogP contribution in [0.5, 0.6) is 5.88 Å². The molecular formula is C13H15ClF2N4O4. The predicted octanol–water partition coefficient (Wildman–Crippen LogP) is 1.01. The van der Waals surface area contributed by atoms with Crippen molar-refractivity contribution in [1.82, 2.24) is 19.5 Å². The molecule has 0 bridgehead atoms. The molecule has 3 heterocycles. The Labute approximate surface area is 140 Å². The third kappa shape index (κ3) is 2.17. The lowest BCUT2D eigenvalue weighted by Crippen LogP contribution is -2.47. The van der Waals surface area contributed by atoms with Gasteiger partial charge in [-0.2, -0.15) is 9.97 Å². The van der Waals surface area contributed by atoms with Gasteiger partial charge in [0.2, 0.25) is 17.4 Å². The number of nitrogens with zero attached hydrogens (tertiary/aromatic N) is 4. The van der Waals surface area contributed by atoms with Crippen LogP contribution in [0.4, 0.5) is 8.78 Å². The molecule has 1 saturated heterocycles. The van der Waals surface area contributed by atoms with Crippen molar-refractivity contribution in [2.45, 2.75) is 25.2 Å². The Morgan fingerprint density at radius 2 is 2.12 bits per heavy atom. The number of imidazole rings is 1. The van der Waals surface area contributed by atoms with Gasteiger partial charge in [0.05, 0.1) is 38.2 Å². The standard InChI is InChI=1S/C13H15ClF2N4O4/c1-12(4-22)6(3-21)24-10(13(12,15)16)20-5-17-7-8(20)18-11(14)19-9(7)23-2/h5-6,10,21-22H,3-4H2,1-2H3/t6-,10-,12-/m1/s1. The summed E-state index contributed by atoms with van der Waals surface area (Å²) in [5.41, 5.74) is -1.83. The van der Waals surface area contributed by atoms with E-state index in [0.717, 1.165) is 17.8 Å². The first-order valence-electron chi connectivity index (χ1n) is 6.99. The molecule has 3 atom stereocenters. The molecule has 0 aliphatic carbocycles. The van der Waals surface area contributed by atoms with E-state index in [4.69, 9.17) is 21.1 Å². The Morgan fingerprint density at radius 1 is 1.42 bits per heavy atom. The third-order valence-corrected chi connectivity index (χ3v) is 4.55. The second-order valence-electron chi connectivity index (χ2n) is 5.68. The molecule has 24 heavy (non-hydrogen) atoms. The van der Waals surface area contributed by atoms with Gasteiger partial charge in [0, 0.05) is 0 Å². The molecule has 132 valence electrons. The van der Waals surface area contributed by atoms with Gasteiger partial charge in [0.25, 0.3) is 0 Å². The van der Waals surface area contributed by atoms with Gasteiger partial charge in [-0.15, -0.1) is 0 Å². The van der Waals surface area contributed by atoms with E-state index in [-0.39, 0.29) is 22.3 Å². The van der Waals surface area contributed by atoms with E-state index in [0.29, 0.717) is 0 Å². The van der Waals surface area contributed by atoms with Crippen LogP contribution in [-0.2, 0) is 4.74 Å². The van der Waals surface area contributed by atoms with E-state index in [1.54, 1.807) is 0 Å². The largest absolute Gasteiger partial charge is 0.479 e. The van der Waals surface area contributed by atoms with Crippen LogP contribution in [0.1, 0.15) is 13.2 Å². The monoisotopic (exact) mass is 364 g/mol. The van der Waals surface area contributed by atoms with Crippen molar-refractivity contribution < 1.29 is 28.5 Å². The average molecular weight is 365 g/mol. The van der Waals surface area contributed by atoms with Crippen LogP contribution in [0.15, 0.2) is 6.33 Å². The Bertz CT molecular complexity index is 774. The molecule has 0 amide bonds. The van der Waals surface area contributed by atoms with Crippen molar-refractivity contribution in [3.05, 3.63) is 11.6 Å². The Balaban J connectivity index is 2.16. The summed E-state index contributed by atoms with van der Waals surface area (Å²) >= 11 is 5.80. The van der Waals surface area contributed by atoms with Gasteiger partial charge in [-0.1, -0.05) is 0 Å². The molecule has 11 heteroatoms. The van der Waals surface area contributed by atoms with Gasteiger partial charge in [-0.3, -0.25) is 4.57 Å². The van der Waals surface area contributed by atoms with Crippen LogP contribution in [0.2, 0.25) is 5.28 Å². The lowest BCUT2D eigenvalue weighted by molar-refractivity contribution is -0.152. The summed E-state index contributed by atoms with van der Waals surface area (Å²) in [7, 11) is 1.34. The molecule has 0 saturated carbocycles. The normalized spacial score (nSPS) is 29.3. The fourth-order valence-corrected chi connectivity index (χ4v) is 2.92. The molecule has 1 aliphatic heterocycles. The van der Waals surface area contributed by atoms with Crippen molar-refractivity contribution in [2.24, 2.45) is 5.41 Å². The summed E-state index contributed by atoms with van der Waals surface area (Å²) in [6.07, 6.45) is -1.99. The number of methoxy groups -OCH3 is 1. The second kappa shape index (κ2) is 5.73. The summed E-state index contributed by atoms with van der Waals surface area (Å²) in [5.74, 6) is -3.47. The molecule has 0 spiro atoms. The number of alkyl halides is 2. The van der Waals surface area contributed by atoms with E-state index in [2.05, 4.69) is 15.0 Å². The molecule has 0 unspecified atom stereocenters. The molecule has 3 rings (SSSR count). The average Bonchev–Trinajstić information content (AvgIpc) is 3.04. The zero-order valence-electron chi connectivity index (χ0n) is 12.8. The van der Waals surface area contributed by atoms with Crippen LogP contribution in [-0.4, -0.2) is 62.1 Å². The Kier molecular flexibility index (Phi) is 4.11. The number of halogens is 3. The van der Waals surface area contributed by atoms with Crippen molar-refractivity contribution >= 4 is 22.8 Å². The number of hydrogen-bond donors (Lipinski definition) is 2. The quantitative estimate of drug-likeness (QED) is 0.780. The minimum absolute atomic E-state index is 0.00426. The number of hydrogen-bond acceptors (Lipinski definition) is 7. The summed E-state index contributed by atoms with van der Waals surface area (Å²) < 4.78 is 41.2. The third-order valence-electron chi connectivity index (χ3n) is 4.38. The first-order chi connectivity index (χ1) is 11.3. The van der Waals surface area contributed by atoms with Crippen LogP contribution >= 0.6 is 11.6 Å². The van der Waals surface area contributed by atoms with Crippen LogP contribution < -0.4 is 4.74 Å². The van der Waals surface area contributed by atoms with Gasteiger partial charge >= 0.3 is 5.92 Å². The lowest BCUT2D eigenvalue weighted by atomic mass is 9.80. The topological polar surface area (TPSA) is 103 Å². The number of aliphatic hydroxyl groups excluding tert-OH is 2. The predicted molar refractivity (Wildman–Crippen MR) is 78.0 cm³/mol. The van der Waals surface area contributed by atoms with E-state index in [9.17, 15) is 19.0 Å². The molecule has 2 N–H and O–H groups in total. The molecule has 8 nitrogen and oxygen atoms in total. The maximum Gasteiger partial charge on any atom is 0.302 e. The zero-order chi connectivity index (χ0) is 17.7. The second-order valence-corrected chi connectivity index (χ2v) is 6.02. The minimum atomic E-state index is -3.51. The highest BCUT2D eigenvalue weighted by molar-refractivity contribution is 6.28. The van der Waals surface area contributed by atoms with E-state index in [1.165, 1.54) is 7.11 Å². The van der Waals surface area contributed by atoms with Crippen molar-refractivity contribution in [1.29, 1.82) is 0 Å². The van der Waals surface area contributed by atoms with Crippen LogP contribution in [0.25, 0.3) is 11.2 Å². The highest BCUT2D eigenvalue weighted by Gasteiger charge is 2.67. The molecule has 2 aromatic heterocycles. The number of aliphatic hydroxyl groups is 2. The van der Waals surface area contributed by atoms with Crippen molar-refractivity contribution in [2.75, 3.05) is 20.3 Å². The number of ether oxygens (including phenoxy) is 2. The highest BCUT2D eigenvalue weighted by Crippen LogP contribution is 2.55. The van der Waals surface area contributed by atoms with Gasteiger partial charge in [-0.25, -0.2) is 13.8 Å². The molecule has 1 fully saturated rings. The maximum atomic E-state index is 14.9. The zero-order valence-corrected chi connectivity index (χ0v) is 13.5. The molecule has 0 aromatic carbocycles. The van der Waals surface area contributed by atoms with E-state index in [1.807, 2.05) is 0 Å². The maximum absolute atomic E-state index is 14.9.